The molecule has 1 aliphatic rings. The highest BCUT2D eigenvalue weighted by molar-refractivity contribution is 6.22. The summed E-state index contributed by atoms with van der Waals surface area (Å²) in [4.78, 5) is 30.4. The monoisotopic (exact) mass is 495 g/mol. The average molecular weight is 496 g/mol. The molecule has 8 heteroatoms. The van der Waals surface area contributed by atoms with E-state index in [9.17, 15) is 9.59 Å². The van der Waals surface area contributed by atoms with Gasteiger partial charge in [-0.05, 0) is 72.3 Å². The zero-order valence-corrected chi connectivity index (χ0v) is 20.3. The Morgan fingerprint density at radius 1 is 0.784 bits per heavy atom. The Hall–Kier alpha value is -4.98. The van der Waals surface area contributed by atoms with Gasteiger partial charge in [0.15, 0.2) is 5.76 Å². The summed E-state index contributed by atoms with van der Waals surface area (Å²) in [6, 6.07) is 25.6. The molecular formula is C29H25N3O5. The van der Waals surface area contributed by atoms with Crippen LogP contribution in [0.5, 0.6) is 11.5 Å². The Morgan fingerprint density at radius 3 is 1.97 bits per heavy atom. The summed E-state index contributed by atoms with van der Waals surface area (Å²) in [6.45, 7) is 0. The van der Waals surface area contributed by atoms with Gasteiger partial charge in [0, 0.05) is 5.69 Å². The van der Waals surface area contributed by atoms with E-state index in [1.54, 1.807) is 81.0 Å². The minimum absolute atomic E-state index is 0.367. The van der Waals surface area contributed by atoms with E-state index in [4.69, 9.17) is 13.9 Å². The first kappa shape index (κ1) is 23.7. The molecule has 1 N–H and O–H groups in total. The number of anilines is 2. The molecule has 0 aliphatic carbocycles. The summed E-state index contributed by atoms with van der Waals surface area (Å²) in [5.74, 6) is 1.61. The van der Waals surface area contributed by atoms with Gasteiger partial charge in [-0.3, -0.25) is 4.90 Å². The zero-order chi connectivity index (χ0) is 25.8. The van der Waals surface area contributed by atoms with Crippen molar-refractivity contribution in [2.45, 2.75) is 5.66 Å². The molecule has 0 radical (unpaired) electrons. The van der Waals surface area contributed by atoms with E-state index < -0.39 is 17.7 Å². The number of carbonyl (C=O) groups excluding carboxylic acids is 2. The first-order valence-electron chi connectivity index (χ1n) is 11.6. The Labute approximate surface area is 214 Å². The van der Waals surface area contributed by atoms with E-state index in [1.807, 2.05) is 36.4 Å². The number of imide groups is 1. The van der Waals surface area contributed by atoms with E-state index >= 15 is 0 Å². The van der Waals surface area contributed by atoms with Crippen LogP contribution in [0, 0.1) is 0 Å². The number of hydrogen-bond donors (Lipinski definition) is 1. The normalized spacial score (nSPS) is 17.7. The van der Waals surface area contributed by atoms with Crippen LogP contribution in [-0.4, -0.2) is 26.3 Å². The van der Waals surface area contributed by atoms with Gasteiger partial charge >= 0.3 is 12.1 Å². The third-order valence-electron chi connectivity index (χ3n) is 6.11. The SMILES string of the molecule is COc1ccc(N2C(=O)NC(/C=C/c3ccccc3)(c3ccco3)N(c3ccc(OC)cc3)C2=O)cc1. The van der Waals surface area contributed by atoms with Crippen molar-refractivity contribution in [2.24, 2.45) is 0 Å². The summed E-state index contributed by atoms with van der Waals surface area (Å²) in [7, 11) is 3.12. The quantitative estimate of drug-likeness (QED) is 0.339. The van der Waals surface area contributed by atoms with E-state index in [1.165, 1.54) is 11.2 Å². The number of hydrogen-bond acceptors (Lipinski definition) is 5. The predicted octanol–water partition coefficient (Wildman–Crippen LogP) is 6.02. The van der Waals surface area contributed by atoms with Crippen molar-refractivity contribution in [2.75, 3.05) is 24.0 Å². The molecular weight excluding hydrogens is 470 g/mol. The smallest absolute Gasteiger partial charge is 0.339 e. The van der Waals surface area contributed by atoms with Gasteiger partial charge in [-0.15, -0.1) is 0 Å². The molecule has 1 atom stereocenters. The predicted molar refractivity (Wildman–Crippen MR) is 141 cm³/mol. The zero-order valence-electron chi connectivity index (χ0n) is 20.3. The molecule has 2 heterocycles. The van der Waals surface area contributed by atoms with Gasteiger partial charge in [-0.1, -0.05) is 36.4 Å². The minimum atomic E-state index is -1.45. The van der Waals surface area contributed by atoms with Crippen LogP contribution in [0.2, 0.25) is 0 Å². The maximum atomic E-state index is 14.2. The van der Waals surface area contributed by atoms with Gasteiger partial charge in [0.05, 0.1) is 26.2 Å². The number of benzene rings is 3. The molecule has 1 saturated heterocycles. The Balaban J connectivity index is 1.68. The van der Waals surface area contributed by atoms with Crippen LogP contribution >= 0.6 is 0 Å². The molecule has 1 aliphatic heterocycles. The molecule has 0 spiro atoms. The molecule has 0 saturated carbocycles. The fraction of sp³-hybridized carbons (Fsp3) is 0.103. The Kier molecular flexibility index (Phi) is 6.38. The number of nitrogens with one attached hydrogen (secondary N) is 1. The molecule has 0 bridgehead atoms. The van der Waals surface area contributed by atoms with E-state index in [0.29, 0.717) is 28.6 Å². The second kappa shape index (κ2) is 9.94. The van der Waals surface area contributed by atoms with Gasteiger partial charge < -0.3 is 19.2 Å². The van der Waals surface area contributed by atoms with E-state index in [-0.39, 0.29) is 0 Å². The van der Waals surface area contributed by atoms with Gasteiger partial charge in [-0.25, -0.2) is 14.5 Å². The number of amides is 4. The molecule has 4 aromatic rings. The number of methoxy groups -OCH3 is 2. The number of nitrogens with zero attached hydrogens (tertiary/aromatic N) is 2. The summed E-state index contributed by atoms with van der Waals surface area (Å²) >= 11 is 0. The van der Waals surface area contributed by atoms with Crippen molar-refractivity contribution < 1.29 is 23.5 Å². The first-order valence-corrected chi connectivity index (χ1v) is 11.6. The fourth-order valence-electron chi connectivity index (χ4n) is 4.26. The van der Waals surface area contributed by atoms with E-state index in [2.05, 4.69) is 5.32 Å². The fourth-order valence-corrected chi connectivity index (χ4v) is 4.26. The third-order valence-corrected chi connectivity index (χ3v) is 6.11. The maximum Gasteiger partial charge on any atom is 0.339 e. The Morgan fingerprint density at radius 2 is 1.41 bits per heavy atom. The molecule has 1 fully saturated rings. The van der Waals surface area contributed by atoms with Gasteiger partial charge in [0.25, 0.3) is 0 Å². The largest absolute Gasteiger partial charge is 0.497 e. The number of rotatable bonds is 7. The third kappa shape index (κ3) is 4.40. The molecule has 5 rings (SSSR count). The van der Waals surface area contributed by atoms with Crippen LogP contribution in [0.4, 0.5) is 21.0 Å². The summed E-state index contributed by atoms with van der Waals surface area (Å²) in [5.41, 5.74) is 0.355. The molecule has 37 heavy (non-hydrogen) atoms. The lowest BCUT2D eigenvalue weighted by Crippen LogP contribution is -2.70. The molecule has 3 aromatic carbocycles. The van der Waals surface area contributed by atoms with Crippen LogP contribution < -0.4 is 24.6 Å². The topological polar surface area (TPSA) is 84.2 Å². The van der Waals surface area contributed by atoms with Crippen LogP contribution in [0.15, 0.2) is 108 Å². The average Bonchev–Trinajstić information content (AvgIpc) is 3.49. The number of furan rings is 1. The number of urea groups is 2. The summed E-state index contributed by atoms with van der Waals surface area (Å²) < 4.78 is 16.4. The summed E-state index contributed by atoms with van der Waals surface area (Å²) in [5, 5.41) is 3.04. The maximum absolute atomic E-state index is 14.2. The molecule has 8 nitrogen and oxygen atoms in total. The lowest BCUT2D eigenvalue weighted by Gasteiger charge is -2.47. The van der Waals surface area contributed by atoms with Crippen molar-refractivity contribution in [3.8, 4) is 11.5 Å². The second-order valence-corrected chi connectivity index (χ2v) is 8.27. The molecule has 1 aromatic heterocycles. The van der Waals surface area contributed by atoms with Crippen LogP contribution in [0.1, 0.15) is 11.3 Å². The van der Waals surface area contributed by atoms with Gasteiger partial charge in [0.1, 0.15) is 11.5 Å². The number of ether oxygens (including phenoxy) is 2. The van der Waals surface area contributed by atoms with Crippen molar-refractivity contribution in [1.29, 1.82) is 0 Å². The lowest BCUT2D eigenvalue weighted by atomic mass is 9.99. The highest BCUT2D eigenvalue weighted by atomic mass is 16.5. The van der Waals surface area contributed by atoms with Crippen molar-refractivity contribution in [3.63, 3.8) is 0 Å². The first-order chi connectivity index (χ1) is 18.1. The standard InChI is InChI=1S/C29H25N3O5/c1-35-24-14-10-22(11-15-24)31-27(33)30-29(26-9-6-20-37-26,19-18-21-7-4-3-5-8-21)32(28(31)34)23-12-16-25(36-2)17-13-23/h3-20H,1-2H3,(H,30,33)/b19-18+. The van der Waals surface area contributed by atoms with Crippen molar-refractivity contribution >= 4 is 29.5 Å². The summed E-state index contributed by atoms with van der Waals surface area (Å²) in [6.07, 6.45) is 5.11. The molecule has 4 amide bonds. The van der Waals surface area contributed by atoms with Gasteiger partial charge in [-0.2, -0.15) is 0 Å². The van der Waals surface area contributed by atoms with Crippen molar-refractivity contribution in [3.05, 3.63) is 115 Å². The molecule has 186 valence electrons. The number of carbonyl (C=O) groups is 2. The lowest BCUT2D eigenvalue weighted by molar-refractivity contribution is 0.209. The highest BCUT2D eigenvalue weighted by Gasteiger charge is 2.52. The van der Waals surface area contributed by atoms with Crippen LogP contribution in [0.3, 0.4) is 0 Å². The van der Waals surface area contributed by atoms with E-state index in [0.717, 1.165) is 10.5 Å². The van der Waals surface area contributed by atoms with Crippen LogP contribution in [0.25, 0.3) is 6.08 Å². The second-order valence-electron chi connectivity index (χ2n) is 8.27. The minimum Gasteiger partial charge on any atom is -0.497 e. The molecule has 1 unspecified atom stereocenters. The van der Waals surface area contributed by atoms with Crippen molar-refractivity contribution in [1.82, 2.24) is 5.32 Å². The van der Waals surface area contributed by atoms with Crippen LogP contribution in [-0.2, 0) is 5.66 Å². The Bertz CT molecular complexity index is 1400. The van der Waals surface area contributed by atoms with Gasteiger partial charge in [0.2, 0.25) is 5.66 Å². The highest BCUT2D eigenvalue weighted by Crippen LogP contribution is 2.39.